The largest absolute Gasteiger partial charge is 0.382 e. The fraction of sp³-hybridized carbons (Fsp3) is 0. The van der Waals surface area contributed by atoms with Crippen molar-refractivity contribution in [3.05, 3.63) is 42.4 Å². The summed E-state index contributed by atoms with van der Waals surface area (Å²) in [6.45, 7) is 0. The number of rotatable bonds is 2. The second-order valence-corrected chi connectivity index (χ2v) is 3.12. The molecule has 2 aromatic rings. The molecule has 0 saturated heterocycles. The number of hydrogen-bond acceptors (Lipinski definition) is 3. The van der Waals surface area contributed by atoms with Crippen LogP contribution < -0.4 is 11.5 Å². The first-order valence-corrected chi connectivity index (χ1v) is 4.36. The van der Waals surface area contributed by atoms with Gasteiger partial charge in [-0.25, -0.2) is 4.98 Å². The van der Waals surface area contributed by atoms with E-state index in [0.717, 1.165) is 5.69 Å². The molecule has 0 fully saturated rings. The summed E-state index contributed by atoms with van der Waals surface area (Å²) in [5.74, 6) is -0.0237. The van der Waals surface area contributed by atoms with Gasteiger partial charge in [-0.3, -0.25) is 4.79 Å². The molecule has 4 N–H and O–H groups in total. The maximum atomic E-state index is 11.0. The maximum absolute atomic E-state index is 11.0. The number of anilines is 1. The molecule has 6 heteroatoms. The van der Waals surface area contributed by atoms with Crippen LogP contribution in [0.1, 0.15) is 10.4 Å². The molecule has 2 rings (SSSR count). The van der Waals surface area contributed by atoms with Crippen LogP contribution in [0.25, 0.3) is 5.69 Å². The van der Waals surface area contributed by atoms with Crippen molar-refractivity contribution in [3.63, 3.8) is 0 Å². The normalized spacial score (nSPS) is 9.50. The summed E-state index contributed by atoms with van der Waals surface area (Å²) in [5, 5.41) is 0. The average molecular weight is 239 g/mol. The quantitative estimate of drug-likeness (QED) is 0.818. The molecule has 1 heterocycles. The summed E-state index contributed by atoms with van der Waals surface area (Å²) in [4.78, 5) is 14.9. The predicted molar refractivity (Wildman–Crippen MR) is 63.7 cm³/mol. The van der Waals surface area contributed by atoms with Crippen LogP contribution >= 0.6 is 12.4 Å². The van der Waals surface area contributed by atoms with Crippen LogP contribution in [0.15, 0.2) is 36.8 Å². The third-order valence-corrected chi connectivity index (χ3v) is 2.03. The summed E-state index contributed by atoms with van der Waals surface area (Å²) in [5.41, 5.74) is 11.9. The van der Waals surface area contributed by atoms with Crippen molar-refractivity contribution in [1.29, 1.82) is 0 Å². The first kappa shape index (κ1) is 12.1. The molecule has 16 heavy (non-hydrogen) atoms. The van der Waals surface area contributed by atoms with Crippen molar-refractivity contribution >= 4 is 24.1 Å². The van der Waals surface area contributed by atoms with E-state index in [-0.39, 0.29) is 12.4 Å². The van der Waals surface area contributed by atoms with E-state index in [4.69, 9.17) is 11.5 Å². The van der Waals surface area contributed by atoms with Gasteiger partial charge in [-0.05, 0) is 18.2 Å². The molecule has 1 aromatic heterocycles. The lowest BCUT2D eigenvalue weighted by molar-refractivity contribution is 0.100. The van der Waals surface area contributed by atoms with Crippen molar-refractivity contribution in [2.75, 3.05) is 5.73 Å². The van der Waals surface area contributed by atoms with Crippen molar-refractivity contribution in [2.45, 2.75) is 0 Å². The minimum atomic E-state index is -0.454. The molecular weight excluding hydrogens is 228 g/mol. The van der Waals surface area contributed by atoms with Crippen LogP contribution in [0.4, 0.5) is 5.82 Å². The first-order chi connectivity index (χ1) is 7.16. The zero-order chi connectivity index (χ0) is 10.8. The number of carbonyl (C=O) groups is 1. The summed E-state index contributed by atoms with van der Waals surface area (Å²) in [7, 11) is 0. The molecule has 0 aliphatic heterocycles. The van der Waals surface area contributed by atoms with Gasteiger partial charge in [-0.15, -0.1) is 12.4 Å². The van der Waals surface area contributed by atoms with E-state index in [2.05, 4.69) is 4.98 Å². The summed E-state index contributed by atoms with van der Waals surface area (Å²) in [6, 6.07) is 6.94. The minimum absolute atomic E-state index is 0. The number of halogens is 1. The van der Waals surface area contributed by atoms with E-state index in [1.165, 1.54) is 0 Å². The second-order valence-electron chi connectivity index (χ2n) is 3.12. The van der Waals surface area contributed by atoms with Crippen LogP contribution in [0.3, 0.4) is 0 Å². The maximum Gasteiger partial charge on any atom is 0.248 e. The Hall–Kier alpha value is -2.01. The molecule has 1 aromatic carbocycles. The molecule has 0 aliphatic rings. The van der Waals surface area contributed by atoms with Gasteiger partial charge in [-0.2, -0.15) is 0 Å². The SMILES string of the molecule is Cl.NC(=O)c1cccc(-n2cnc(N)c2)c1. The Morgan fingerprint density at radius 2 is 2.12 bits per heavy atom. The third kappa shape index (κ3) is 2.32. The van der Waals surface area contributed by atoms with Crippen molar-refractivity contribution in [3.8, 4) is 5.69 Å². The number of aromatic nitrogens is 2. The number of imidazole rings is 1. The monoisotopic (exact) mass is 238 g/mol. The van der Waals surface area contributed by atoms with E-state index in [1.54, 1.807) is 35.3 Å². The van der Waals surface area contributed by atoms with Crippen LogP contribution in [-0.4, -0.2) is 15.5 Å². The molecule has 0 atom stereocenters. The number of nitrogen functional groups attached to an aromatic ring is 1. The standard InChI is InChI=1S/C10H10N4O.ClH/c11-9-5-14(6-13-9)8-3-1-2-7(4-8)10(12)15;/h1-6H,11H2,(H2,12,15);1H. The first-order valence-electron chi connectivity index (χ1n) is 4.36. The number of primary amides is 1. The van der Waals surface area contributed by atoms with Crippen LogP contribution in [0, 0.1) is 0 Å². The molecule has 84 valence electrons. The third-order valence-electron chi connectivity index (χ3n) is 2.03. The number of hydrogen-bond donors (Lipinski definition) is 2. The Morgan fingerprint density at radius 1 is 1.38 bits per heavy atom. The Balaban J connectivity index is 0.00000128. The van der Waals surface area contributed by atoms with Crippen LogP contribution in [0.5, 0.6) is 0 Å². The molecule has 0 saturated carbocycles. The number of carbonyl (C=O) groups excluding carboxylic acids is 1. The van der Waals surface area contributed by atoms with Crippen molar-refractivity contribution in [1.82, 2.24) is 9.55 Å². The Kier molecular flexibility index (Phi) is 3.52. The predicted octanol–water partition coefficient (Wildman–Crippen LogP) is 0.975. The Bertz CT molecular complexity index is 509. The van der Waals surface area contributed by atoms with Gasteiger partial charge in [-0.1, -0.05) is 6.07 Å². The van der Waals surface area contributed by atoms with E-state index in [0.29, 0.717) is 11.4 Å². The summed E-state index contributed by atoms with van der Waals surface area (Å²) >= 11 is 0. The van der Waals surface area contributed by atoms with Crippen LogP contribution in [0.2, 0.25) is 0 Å². The number of amides is 1. The highest BCUT2D eigenvalue weighted by molar-refractivity contribution is 5.93. The smallest absolute Gasteiger partial charge is 0.248 e. The Labute approximate surface area is 98.5 Å². The molecular formula is C10H11ClN4O. The zero-order valence-electron chi connectivity index (χ0n) is 8.33. The lowest BCUT2D eigenvalue weighted by Crippen LogP contribution is -2.11. The average Bonchev–Trinajstić information content (AvgIpc) is 2.65. The fourth-order valence-corrected chi connectivity index (χ4v) is 1.30. The lowest BCUT2D eigenvalue weighted by atomic mass is 10.2. The number of benzene rings is 1. The van der Waals surface area contributed by atoms with Gasteiger partial charge in [0.25, 0.3) is 0 Å². The minimum Gasteiger partial charge on any atom is -0.382 e. The molecule has 0 bridgehead atoms. The lowest BCUT2D eigenvalue weighted by Gasteiger charge is -2.02. The molecule has 0 spiro atoms. The molecule has 0 unspecified atom stereocenters. The summed E-state index contributed by atoms with van der Waals surface area (Å²) in [6.07, 6.45) is 3.25. The van der Waals surface area contributed by atoms with Crippen LogP contribution in [-0.2, 0) is 0 Å². The fourth-order valence-electron chi connectivity index (χ4n) is 1.30. The van der Waals surface area contributed by atoms with Crippen molar-refractivity contribution < 1.29 is 4.79 Å². The van der Waals surface area contributed by atoms with E-state index < -0.39 is 5.91 Å². The van der Waals surface area contributed by atoms with Gasteiger partial charge < -0.3 is 16.0 Å². The van der Waals surface area contributed by atoms with Gasteiger partial charge in [0.2, 0.25) is 5.91 Å². The van der Waals surface area contributed by atoms with E-state index in [9.17, 15) is 4.79 Å². The highest BCUT2D eigenvalue weighted by Gasteiger charge is 2.02. The number of nitrogens with two attached hydrogens (primary N) is 2. The highest BCUT2D eigenvalue weighted by atomic mass is 35.5. The molecule has 0 aliphatic carbocycles. The van der Waals surface area contributed by atoms with Gasteiger partial charge in [0.15, 0.2) is 0 Å². The van der Waals surface area contributed by atoms with Gasteiger partial charge in [0.05, 0.1) is 6.20 Å². The zero-order valence-corrected chi connectivity index (χ0v) is 9.15. The second kappa shape index (κ2) is 4.67. The van der Waals surface area contributed by atoms with Gasteiger partial charge in [0, 0.05) is 11.3 Å². The van der Waals surface area contributed by atoms with E-state index in [1.807, 2.05) is 6.07 Å². The number of nitrogens with zero attached hydrogens (tertiary/aromatic N) is 2. The molecule has 1 amide bonds. The molecule has 0 radical (unpaired) electrons. The molecule has 5 nitrogen and oxygen atoms in total. The van der Waals surface area contributed by atoms with Gasteiger partial charge in [0.1, 0.15) is 12.1 Å². The Morgan fingerprint density at radius 3 is 2.69 bits per heavy atom. The summed E-state index contributed by atoms with van der Waals surface area (Å²) < 4.78 is 1.72. The van der Waals surface area contributed by atoms with E-state index >= 15 is 0 Å². The van der Waals surface area contributed by atoms with Crippen molar-refractivity contribution in [2.24, 2.45) is 5.73 Å². The topological polar surface area (TPSA) is 86.9 Å². The highest BCUT2D eigenvalue weighted by Crippen LogP contribution is 2.11. The van der Waals surface area contributed by atoms with Gasteiger partial charge >= 0.3 is 0 Å².